The van der Waals surface area contributed by atoms with Crippen LogP contribution >= 0.6 is 0 Å². The molecule has 0 aliphatic heterocycles. The van der Waals surface area contributed by atoms with Gasteiger partial charge in [0.2, 0.25) is 5.91 Å². The summed E-state index contributed by atoms with van der Waals surface area (Å²) in [6.07, 6.45) is 1.55. The zero-order valence-electron chi connectivity index (χ0n) is 16.6. The van der Waals surface area contributed by atoms with E-state index in [1.54, 1.807) is 12.3 Å². The molecular formula is C22H23N3O4. The van der Waals surface area contributed by atoms with Crippen LogP contribution in [-0.4, -0.2) is 47.9 Å². The molecule has 2 amide bonds. The van der Waals surface area contributed by atoms with Crippen LogP contribution in [0.25, 0.3) is 10.9 Å². The number of para-hydroxylation sites is 1. The molecule has 0 radical (unpaired) electrons. The lowest BCUT2D eigenvalue weighted by atomic mass is 10.1. The standard InChI is InChI=1S/C22H23N3O4/c1-14-8-9-15(2)19(10-14)24-20(26)12-25(3)21(27)13-29-22(28)17-11-23-18-7-5-4-6-16(17)18/h4-11,23H,12-13H2,1-3H3,(H,24,26). The van der Waals surface area contributed by atoms with Gasteiger partial charge in [0.25, 0.3) is 5.91 Å². The maximum Gasteiger partial charge on any atom is 0.340 e. The zero-order chi connectivity index (χ0) is 21.0. The fraction of sp³-hybridized carbons (Fsp3) is 0.227. The highest BCUT2D eigenvalue weighted by atomic mass is 16.5. The molecular weight excluding hydrogens is 370 g/mol. The number of anilines is 1. The monoisotopic (exact) mass is 393 g/mol. The molecule has 3 rings (SSSR count). The third-order valence-electron chi connectivity index (χ3n) is 4.61. The topological polar surface area (TPSA) is 91.5 Å². The minimum atomic E-state index is -0.593. The quantitative estimate of drug-likeness (QED) is 0.630. The molecule has 7 nitrogen and oxygen atoms in total. The molecule has 7 heteroatoms. The number of rotatable bonds is 6. The van der Waals surface area contributed by atoms with Crippen LogP contribution in [0, 0.1) is 13.8 Å². The summed E-state index contributed by atoms with van der Waals surface area (Å²) in [4.78, 5) is 41.0. The van der Waals surface area contributed by atoms with Crippen molar-refractivity contribution < 1.29 is 19.1 Å². The number of nitrogens with zero attached hydrogens (tertiary/aromatic N) is 1. The van der Waals surface area contributed by atoms with E-state index in [9.17, 15) is 14.4 Å². The molecule has 0 aliphatic rings. The number of hydrogen-bond donors (Lipinski definition) is 2. The van der Waals surface area contributed by atoms with Gasteiger partial charge in [-0.05, 0) is 37.1 Å². The van der Waals surface area contributed by atoms with Gasteiger partial charge in [-0.25, -0.2) is 4.79 Å². The Hall–Kier alpha value is -3.61. The molecule has 0 fully saturated rings. The number of nitrogens with one attached hydrogen (secondary N) is 2. The van der Waals surface area contributed by atoms with Crippen LogP contribution in [0.2, 0.25) is 0 Å². The first kappa shape index (κ1) is 20.1. The van der Waals surface area contributed by atoms with Gasteiger partial charge in [-0.15, -0.1) is 0 Å². The average molecular weight is 393 g/mol. The molecule has 150 valence electrons. The van der Waals surface area contributed by atoms with Crippen LogP contribution in [0.3, 0.4) is 0 Å². The number of benzene rings is 2. The summed E-state index contributed by atoms with van der Waals surface area (Å²) >= 11 is 0. The molecule has 2 N–H and O–H groups in total. The number of aromatic amines is 1. The fourth-order valence-electron chi connectivity index (χ4n) is 2.92. The lowest BCUT2D eigenvalue weighted by molar-refractivity contribution is -0.136. The summed E-state index contributed by atoms with van der Waals surface area (Å²) in [6, 6.07) is 13.1. The molecule has 0 saturated heterocycles. The number of aryl methyl sites for hydroxylation is 2. The summed E-state index contributed by atoms with van der Waals surface area (Å²) in [6.45, 7) is 3.25. The Morgan fingerprint density at radius 2 is 1.86 bits per heavy atom. The first-order valence-electron chi connectivity index (χ1n) is 9.19. The lowest BCUT2D eigenvalue weighted by Crippen LogP contribution is -2.37. The van der Waals surface area contributed by atoms with Crippen molar-refractivity contribution in [2.24, 2.45) is 0 Å². The molecule has 0 spiro atoms. The molecule has 1 aromatic heterocycles. The van der Waals surface area contributed by atoms with Crippen LogP contribution in [0.15, 0.2) is 48.7 Å². The number of carbonyl (C=O) groups excluding carboxylic acids is 3. The molecule has 0 aliphatic carbocycles. The number of hydrogen-bond acceptors (Lipinski definition) is 4. The van der Waals surface area contributed by atoms with Crippen LogP contribution in [0.5, 0.6) is 0 Å². The van der Waals surface area contributed by atoms with Crippen molar-refractivity contribution in [1.82, 2.24) is 9.88 Å². The maximum absolute atomic E-state index is 12.3. The first-order chi connectivity index (χ1) is 13.8. The lowest BCUT2D eigenvalue weighted by Gasteiger charge is -2.17. The Balaban J connectivity index is 1.53. The SMILES string of the molecule is Cc1ccc(C)c(NC(=O)CN(C)C(=O)COC(=O)c2c[nH]c3ccccc23)c1. The van der Waals surface area contributed by atoms with Crippen LogP contribution in [-0.2, 0) is 14.3 Å². The van der Waals surface area contributed by atoms with E-state index >= 15 is 0 Å². The van der Waals surface area contributed by atoms with Crippen LogP contribution in [0.1, 0.15) is 21.5 Å². The predicted molar refractivity (Wildman–Crippen MR) is 111 cm³/mol. The highest BCUT2D eigenvalue weighted by Crippen LogP contribution is 2.18. The summed E-state index contributed by atoms with van der Waals surface area (Å²) in [5.41, 5.74) is 3.85. The molecule has 0 unspecified atom stereocenters. The van der Waals surface area contributed by atoms with Crippen molar-refractivity contribution in [3.05, 3.63) is 65.4 Å². The van der Waals surface area contributed by atoms with Crippen molar-refractivity contribution in [2.45, 2.75) is 13.8 Å². The molecule has 1 heterocycles. The Morgan fingerprint density at radius 1 is 1.10 bits per heavy atom. The third-order valence-corrected chi connectivity index (χ3v) is 4.61. The van der Waals surface area contributed by atoms with Gasteiger partial charge in [0.15, 0.2) is 6.61 Å². The van der Waals surface area contributed by atoms with E-state index in [0.717, 1.165) is 22.0 Å². The fourth-order valence-corrected chi connectivity index (χ4v) is 2.92. The molecule has 0 atom stereocenters. The number of likely N-dealkylation sites (N-methyl/N-ethyl adjacent to an activating group) is 1. The predicted octanol–water partition coefficient (Wildman–Crippen LogP) is 3.04. The Bertz CT molecular complexity index is 1070. The molecule has 29 heavy (non-hydrogen) atoms. The van der Waals surface area contributed by atoms with Gasteiger partial charge >= 0.3 is 5.97 Å². The second kappa shape index (κ2) is 8.60. The molecule has 2 aromatic carbocycles. The number of H-pyrrole nitrogens is 1. The highest BCUT2D eigenvalue weighted by Gasteiger charge is 2.18. The van der Waals surface area contributed by atoms with E-state index in [1.165, 1.54) is 11.9 Å². The zero-order valence-corrected chi connectivity index (χ0v) is 16.6. The molecule has 0 bridgehead atoms. The molecule has 0 saturated carbocycles. The van der Waals surface area contributed by atoms with Gasteiger partial charge < -0.3 is 19.9 Å². The maximum atomic E-state index is 12.3. The average Bonchev–Trinajstić information content (AvgIpc) is 3.12. The first-order valence-corrected chi connectivity index (χ1v) is 9.19. The number of aromatic nitrogens is 1. The third kappa shape index (κ3) is 4.82. The van der Waals surface area contributed by atoms with Crippen molar-refractivity contribution in [1.29, 1.82) is 0 Å². The van der Waals surface area contributed by atoms with Crippen molar-refractivity contribution in [3.63, 3.8) is 0 Å². The minimum absolute atomic E-state index is 0.142. The minimum Gasteiger partial charge on any atom is -0.452 e. The van der Waals surface area contributed by atoms with Gasteiger partial charge in [-0.3, -0.25) is 9.59 Å². The number of amides is 2. The van der Waals surface area contributed by atoms with Crippen LogP contribution in [0.4, 0.5) is 5.69 Å². The Kier molecular flexibility index (Phi) is 5.97. The van der Waals surface area contributed by atoms with Crippen molar-refractivity contribution >= 4 is 34.4 Å². The smallest absolute Gasteiger partial charge is 0.340 e. The summed E-state index contributed by atoms with van der Waals surface area (Å²) < 4.78 is 5.13. The van der Waals surface area contributed by atoms with E-state index in [2.05, 4.69) is 10.3 Å². The number of fused-ring (bicyclic) bond motifs is 1. The van der Waals surface area contributed by atoms with E-state index < -0.39 is 18.5 Å². The second-order valence-electron chi connectivity index (χ2n) is 6.94. The Labute approximate surface area is 168 Å². The number of esters is 1. The Morgan fingerprint density at radius 3 is 2.66 bits per heavy atom. The molecule has 3 aromatic rings. The number of ether oxygens (including phenoxy) is 1. The second-order valence-corrected chi connectivity index (χ2v) is 6.94. The van der Waals surface area contributed by atoms with Gasteiger partial charge in [0.05, 0.1) is 12.1 Å². The van der Waals surface area contributed by atoms with Gasteiger partial charge in [-0.2, -0.15) is 0 Å². The van der Waals surface area contributed by atoms with Crippen molar-refractivity contribution in [2.75, 3.05) is 25.5 Å². The van der Waals surface area contributed by atoms with Gasteiger partial charge in [0, 0.05) is 29.8 Å². The highest BCUT2D eigenvalue weighted by molar-refractivity contribution is 6.04. The van der Waals surface area contributed by atoms with E-state index in [4.69, 9.17) is 4.74 Å². The number of carbonyl (C=O) groups is 3. The van der Waals surface area contributed by atoms with E-state index in [-0.39, 0.29) is 12.5 Å². The van der Waals surface area contributed by atoms with Gasteiger partial charge in [-0.1, -0.05) is 30.3 Å². The van der Waals surface area contributed by atoms with Gasteiger partial charge in [0.1, 0.15) is 0 Å². The normalized spacial score (nSPS) is 10.6. The summed E-state index contributed by atoms with van der Waals surface area (Å²) in [5.74, 6) is -1.38. The summed E-state index contributed by atoms with van der Waals surface area (Å²) in [7, 11) is 1.49. The van der Waals surface area contributed by atoms with Crippen LogP contribution < -0.4 is 5.32 Å². The summed E-state index contributed by atoms with van der Waals surface area (Å²) in [5, 5.41) is 3.53. The van der Waals surface area contributed by atoms with E-state index in [0.29, 0.717) is 11.3 Å². The largest absolute Gasteiger partial charge is 0.452 e. The van der Waals surface area contributed by atoms with Crippen molar-refractivity contribution in [3.8, 4) is 0 Å². The van der Waals surface area contributed by atoms with E-state index in [1.807, 2.05) is 50.2 Å².